The van der Waals surface area contributed by atoms with Crippen molar-refractivity contribution < 1.29 is 14.7 Å². The van der Waals surface area contributed by atoms with Crippen LogP contribution in [0.4, 0.5) is 0 Å². The molecule has 94 valence electrons. The van der Waals surface area contributed by atoms with Crippen LogP contribution in [0, 0.1) is 0 Å². The van der Waals surface area contributed by atoms with Crippen molar-refractivity contribution >= 4 is 24.3 Å². The van der Waals surface area contributed by atoms with E-state index >= 15 is 0 Å². The summed E-state index contributed by atoms with van der Waals surface area (Å²) in [5.41, 5.74) is 0. The molecule has 0 aromatic heterocycles. The summed E-state index contributed by atoms with van der Waals surface area (Å²) in [6.07, 6.45) is 2.48. The lowest BCUT2D eigenvalue weighted by Crippen LogP contribution is -2.33. The minimum atomic E-state index is -0.926. The molecular weight excluding hydrogens is 232 g/mol. The molecule has 0 aromatic carbocycles. The largest absolute Gasteiger partial charge is 0.481 e. The van der Waals surface area contributed by atoms with E-state index in [-0.39, 0.29) is 31.2 Å². The Kier molecular flexibility index (Phi) is 7.93. The van der Waals surface area contributed by atoms with Gasteiger partial charge in [-0.25, -0.2) is 0 Å². The molecule has 1 fully saturated rings. The molecule has 1 aliphatic heterocycles. The Morgan fingerprint density at radius 3 is 2.38 bits per heavy atom. The van der Waals surface area contributed by atoms with Gasteiger partial charge in [0.1, 0.15) is 0 Å². The zero-order chi connectivity index (χ0) is 11.1. The lowest BCUT2D eigenvalue weighted by atomic mass is 10.3. The average molecular weight is 251 g/mol. The van der Waals surface area contributed by atoms with Crippen molar-refractivity contribution in [1.29, 1.82) is 0 Å². The molecule has 0 bridgehead atoms. The highest BCUT2D eigenvalue weighted by molar-refractivity contribution is 5.85. The van der Waals surface area contributed by atoms with Crippen LogP contribution in [0.3, 0.4) is 0 Å². The second-order valence-corrected chi connectivity index (χ2v) is 3.79. The fourth-order valence-corrected chi connectivity index (χ4v) is 1.67. The van der Waals surface area contributed by atoms with Crippen LogP contribution in [0.1, 0.15) is 25.7 Å². The molecule has 6 heteroatoms. The van der Waals surface area contributed by atoms with Gasteiger partial charge >= 0.3 is 5.97 Å². The van der Waals surface area contributed by atoms with Gasteiger partial charge in [0.05, 0.1) is 6.42 Å². The van der Waals surface area contributed by atoms with E-state index in [0.717, 1.165) is 19.6 Å². The number of rotatable bonds is 6. The highest BCUT2D eigenvalue weighted by atomic mass is 35.5. The number of carbonyl (C=O) groups is 2. The van der Waals surface area contributed by atoms with Crippen molar-refractivity contribution in [3.63, 3.8) is 0 Å². The topological polar surface area (TPSA) is 69.6 Å². The van der Waals surface area contributed by atoms with Crippen LogP contribution in [0.15, 0.2) is 0 Å². The molecule has 2 N–H and O–H groups in total. The number of hydrogen-bond acceptors (Lipinski definition) is 3. The fraction of sp³-hybridized carbons (Fsp3) is 0.800. The van der Waals surface area contributed by atoms with Gasteiger partial charge in [-0.15, -0.1) is 12.4 Å². The lowest BCUT2D eigenvalue weighted by molar-refractivity contribution is -0.138. The van der Waals surface area contributed by atoms with Gasteiger partial charge in [0.2, 0.25) is 5.91 Å². The molecule has 0 aromatic rings. The van der Waals surface area contributed by atoms with Gasteiger partial charge < -0.3 is 15.3 Å². The van der Waals surface area contributed by atoms with Gasteiger partial charge in [-0.1, -0.05) is 0 Å². The highest BCUT2D eigenvalue weighted by Crippen LogP contribution is 2.05. The zero-order valence-corrected chi connectivity index (χ0v) is 10.1. The van der Waals surface area contributed by atoms with Crippen LogP contribution in [0.25, 0.3) is 0 Å². The zero-order valence-electron chi connectivity index (χ0n) is 9.28. The number of carbonyl (C=O) groups excluding carboxylic acids is 1. The van der Waals surface area contributed by atoms with E-state index in [4.69, 9.17) is 5.11 Å². The summed E-state index contributed by atoms with van der Waals surface area (Å²) >= 11 is 0. The number of nitrogens with zero attached hydrogens (tertiary/aromatic N) is 1. The summed E-state index contributed by atoms with van der Waals surface area (Å²) in [4.78, 5) is 23.6. The Labute approximate surface area is 102 Å². The van der Waals surface area contributed by atoms with Crippen LogP contribution >= 0.6 is 12.4 Å². The number of nitrogens with one attached hydrogen (secondary N) is 1. The molecule has 1 aliphatic rings. The minimum Gasteiger partial charge on any atom is -0.481 e. The summed E-state index contributed by atoms with van der Waals surface area (Å²) in [6, 6.07) is 0. The number of likely N-dealkylation sites (tertiary alicyclic amines) is 1. The standard InChI is InChI=1S/C10H18N2O3.ClH/c13-9(3-4-10(14)15)11-5-8-12-6-1-2-7-12;/h1-8H2,(H,11,13)(H,14,15);1H. The van der Waals surface area contributed by atoms with E-state index in [1.807, 2.05) is 0 Å². The summed E-state index contributed by atoms with van der Waals surface area (Å²) < 4.78 is 0. The minimum absolute atomic E-state index is 0. The maximum absolute atomic E-state index is 11.1. The number of halogens is 1. The van der Waals surface area contributed by atoms with Crippen molar-refractivity contribution in [2.45, 2.75) is 25.7 Å². The van der Waals surface area contributed by atoms with Crippen LogP contribution in [0.2, 0.25) is 0 Å². The third-order valence-electron chi connectivity index (χ3n) is 2.51. The maximum atomic E-state index is 11.1. The molecular formula is C10H19ClN2O3. The van der Waals surface area contributed by atoms with Gasteiger partial charge in [-0.2, -0.15) is 0 Å². The van der Waals surface area contributed by atoms with Crippen LogP contribution in [-0.4, -0.2) is 48.1 Å². The Morgan fingerprint density at radius 1 is 1.19 bits per heavy atom. The number of carboxylic acid groups (broad SMARTS) is 1. The van der Waals surface area contributed by atoms with Crippen molar-refractivity contribution in [2.75, 3.05) is 26.2 Å². The maximum Gasteiger partial charge on any atom is 0.303 e. The number of amides is 1. The SMILES string of the molecule is Cl.O=C(O)CCC(=O)NCCN1CCCC1. The summed E-state index contributed by atoms with van der Waals surface area (Å²) in [5, 5.41) is 11.1. The Balaban J connectivity index is 0.00000225. The second kappa shape index (κ2) is 8.35. The molecule has 0 spiro atoms. The van der Waals surface area contributed by atoms with Crippen molar-refractivity contribution in [2.24, 2.45) is 0 Å². The predicted octanol–water partition coefficient (Wildman–Crippen LogP) is 0.485. The van der Waals surface area contributed by atoms with E-state index in [1.54, 1.807) is 0 Å². The van der Waals surface area contributed by atoms with Crippen molar-refractivity contribution in [1.82, 2.24) is 10.2 Å². The number of hydrogen-bond donors (Lipinski definition) is 2. The monoisotopic (exact) mass is 250 g/mol. The summed E-state index contributed by atoms with van der Waals surface area (Å²) in [6.45, 7) is 3.73. The molecule has 1 heterocycles. The summed E-state index contributed by atoms with van der Waals surface area (Å²) in [5.74, 6) is -1.10. The van der Waals surface area contributed by atoms with E-state index in [2.05, 4.69) is 10.2 Å². The molecule has 0 unspecified atom stereocenters. The Hall–Kier alpha value is -0.810. The third-order valence-corrected chi connectivity index (χ3v) is 2.51. The van der Waals surface area contributed by atoms with Gasteiger partial charge in [0.15, 0.2) is 0 Å². The summed E-state index contributed by atoms with van der Waals surface area (Å²) in [7, 11) is 0. The lowest BCUT2D eigenvalue weighted by Gasteiger charge is -2.14. The quantitative estimate of drug-likeness (QED) is 0.720. The van der Waals surface area contributed by atoms with Crippen LogP contribution < -0.4 is 5.32 Å². The molecule has 0 radical (unpaired) electrons. The molecule has 5 nitrogen and oxygen atoms in total. The molecule has 0 saturated carbocycles. The fourth-order valence-electron chi connectivity index (χ4n) is 1.67. The molecule has 16 heavy (non-hydrogen) atoms. The number of carboxylic acids is 1. The van der Waals surface area contributed by atoms with E-state index in [1.165, 1.54) is 12.8 Å². The van der Waals surface area contributed by atoms with E-state index in [0.29, 0.717) is 6.54 Å². The van der Waals surface area contributed by atoms with Crippen molar-refractivity contribution in [3.8, 4) is 0 Å². The molecule has 1 saturated heterocycles. The molecule has 1 amide bonds. The molecule has 1 rings (SSSR count). The normalized spacial score (nSPS) is 15.5. The van der Waals surface area contributed by atoms with E-state index < -0.39 is 5.97 Å². The number of aliphatic carboxylic acids is 1. The smallest absolute Gasteiger partial charge is 0.303 e. The highest BCUT2D eigenvalue weighted by Gasteiger charge is 2.11. The van der Waals surface area contributed by atoms with Gasteiger partial charge in [0, 0.05) is 19.5 Å². The molecule has 0 aliphatic carbocycles. The Morgan fingerprint density at radius 2 is 1.81 bits per heavy atom. The first-order valence-corrected chi connectivity index (χ1v) is 5.39. The third kappa shape index (κ3) is 6.63. The first kappa shape index (κ1) is 15.2. The van der Waals surface area contributed by atoms with Gasteiger partial charge in [0.25, 0.3) is 0 Å². The van der Waals surface area contributed by atoms with Crippen molar-refractivity contribution in [3.05, 3.63) is 0 Å². The first-order valence-electron chi connectivity index (χ1n) is 5.39. The van der Waals surface area contributed by atoms with Gasteiger partial charge in [-0.3, -0.25) is 9.59 Å². The van der Waals surface area contributed by atoms with Crippen LogP contribution in [0.5, 0.6) is 0 Å². The van der Waals surface area contributed by atoms with Gasteiger partial charge in [-0.05, 0) is 25.9 Å². The van der Waals surface area contributed by atoms with E-state index in [9.17, 15) is 9.59 Å². The van der Waals surface area contributed by atoms with Crippen LogP contribution in [-0.2, 0) is 9.59 Å². The average Bonchev–Trinajstić information content (AvgIpc) is 2.67. The predicted molar refractivity (Wildman–Crippen MR) is 62.8 cm³/mol. The first-order chi connectivity index (χ1) is 7.18. The second-order valence-electron chi connectivity index (χ2n) is 3.79. The molecule has 0 atom stereocenters. The Bertz CT molecular complexity index is 230.